The zero-order chi connectivity index (χ0) is 17.6. The van der Waals surface area contributed by atoms with Crippen LogP contribution >= 0.6 is 23.2 Å². The van der Waals surface area contributed by atoms with Crippen LogP contribution in [0.4, 0.5) is 0 Å². The molecule has 0 radical (unpaired) electrons. The number of fused-ring (bicyclic) bond motifs is 1. The van der Waals surface area contributed by atoms with Gasteiger partial charge in [0.2, 0.25) is 0 Å². The van der Waals surface area contributed by atoms with E-state index in [-0.39, 0.29) is 12.5 Å². The second-order valence-corrected chi connectivity index (χ2v) is 7.49. The van der Waals surface area contributed by atoms with Gasteiger partial charge in [0, 0.05) is 10.0 Å². The number of benzene rings is 2. The highest BCUT2D eigenvalue weighted by Gasteiger charge is 2.59. The van der Waals surface area contributed by atoms with Crippen LogP contribution in [0.25, 0.3) is 0 Å². The number of aliphatic hydroxyl groups is 1. The van der Waals surface area contributed by atoms with E-state index in [2.05, 4.69) is 4.90 Å². The molecule has 2 saturated heterocycles. The summed E-state index contributed by atoms with van der Waals surface area (Å²) < 4.78 is 12.2. The highest BCUT2D eigenvalue weighted by atomic mass is 35.5. The SMILES string of the molecule is CC(O)C12COC(c3ccc(Cl)cc3)N1C(c1ccc(Cl)cc1)OC2. The Morgan fingerprint density at radius 1 is 0.920 bits per heavy atom. The maximum atomic E-state index is 10.5. The third-order valence-electron chi connectivity index (χ3n) is 5.09. The van der Waals surface area contributed by atoms with Crippen LogP contribution < -0.4 is 0 Å². The quantitative estimate of drug-likeness (QED) is 0.868. The van der Waals surface area contributed by atoms with Gasteiger partial charge in [0.1, 0.15) is 12.5 Å². The van der Waals surface area contributed by atoms with Gasteiger partial charge in [0.05, 0.1) is 24.9 Å². The van der Waals surface area contributed by atoms with Gasteiger partial charge in [-0.2, -0.15) is 0 Å². The molecule has 0 aromatic heterocycles. The fraction of sp³-hybridized carbons (Fsp3) is 0.368. The van der Waals surface area contributed by atoms with Gasteiger partial charge in [-0.3, -0.25) is 0 Å². The third-order valence-corrected chi connectivity index (χ3v) is 5.59. The molecule has 0 spiro atoms. The van der Waals surface area contributed by atoms with Crippen molar-refractivity contribution < 1.29 is 14.6 Å². The van der Waals surface area contributed by atoms with E-state index in [0.29, 0.717) is 23.3 Å². The molecule has 2 aromatic rings. The molecular formula is C19H19Cl2NO3. The summed E-state index contributed by atoms with van der Waals surface area (Å²) in [5.74, 6) is 0. The standard InChI is InChI=1S/C19H19Cl2NO3/c1-12(23)19-10-24-17(13-2-6-15(20)7-3-13)22(19)18(25-11-19)14-4-8-16(21)9-5-14/h2-9,12,17-18,23H,10-11H2,1H3. The molecular weight excluding hydrogens is 361 g/mol. The minimum Gasteiger partial charge on any atom is -0.391 e. The normalized spacial score (nSPS) is 30.4. The van der Waals surface area contributed by atoms with E-state index in [4.69, 9.17) is 32.7 Å². The van der Waals surface area contributed by atoms with E-state index in [9.17, 15) is 5.11 Å². The molecule has 132 valence electrons. The number of aliphatic hydroxyl groups excluding tert-OH is 1. The third kappa shape index (κ3) is 2.87. The number of nitrogens with zero attached hydrogens (tertiary/aromatic N) is 1. The van der Waals surface area contributed by atoms with Gasteiger partial charge in [-0.1, -0.05) is 47.5 Å². The molecule has 0 bridgehead atoms. The summed E-state index contributed by atoms with van der Waals surface area (Å²) in [6, 6.07) is 15.2. The summed E-state index contributed by atoms with van der Waals surface area (Å²) >= 11 is 12.0. The van der Waals surface area contributed by atoms with Gasteiger partial charge in [0.15, 0.2) is 0 Å². The van der Waals surface area contributed by atoms with Crippen molar-refractivity contribution >= 4 is 23.2 Å². The van der Waals surface area contributed by atoms with Crippen molar-refractivity contribution in [1.29, 1.82) is 0 Å². The molecule has 2 aromatic carbocycles. The minimum absolute atomic E-state index is 0.310. The van der Waals surface area contributed by atoms with E-state index in [1.807, 2.05) is 48.5 Å². The predicted octanol–water partition coefficient (Wildman–Crippen LogP) is 4.17. The Bertz CT molecular complexity index is 691. The number of hydrogen-bond acceptors (Lipinski definition) is 4. The van der Waals surface area contributed by atoms with Gasteiger partial charge in [0.25, 0.3) is 0 Å². The number of ether oxygens (including phenoxy) is 2. The van der Waals surface area contributed by atoms with Gasteiger partial charge in [-0.25, -0.2) is 4.90 Å². The van der Waals surface area contributed by atoms with Crippen molar-refractivity contribution in [2.24, 2.45) is 0 Å². The van der Waals surface area contributed by atoms with Crippen LogP contribution in [-0.4, -0.2) is 34.9 Å². The maximum Gasteiger partial charge on any atom is 0.139 e. The topological polar surface area (TPSA) is 41.9 Å². The molecule has 4 nitrogen and oxygen atoms in total. The molecule has 25 heavy (non-hydrogen) atoms. The summed E-state index contributed by atoms with van der Waals surface area (Å²) in [6.45, 7) is 2.60. The molecule has 3 atom stereocenters. The average Bonchev–Trinajstić information content (AvgIpc) is 3.15. The lowest BCUT2D eigenvalue weighted by Gasteiger charge is -2.36. The molecule has 2 heterocycles. The summed E-state index contributed by atoms with van der Waals surface area (Å²) in [7, 11) is 0. The van der Waals surface area contributed by atoms with Crippen LogP contribution in [0.5, 0.6) is 0 Å². The lowest BCUT2D eigenvalue weighted by atomic mass is 9.94. The molecule has 2 aliphatic heterocycles. The van der Waals surface area contributed by atoms with E-state index in [1.54, 1.807) is 6.92 Å². The number of hydrogen-bond donors (Lipinski definition) is 1. The second kappa shape index (κ2) is 6.54. The second-order valence-electron chi connectivity index (χ2n) is 6.62. The van der Waals surface area contributed by atoms with Crippen molar-refractivity contribution in [3.05, 3.63) is 69.7 Å². The Balaban J connectivity index is 1.74. The van der Waals surface area contributed by atoms with Crippen molar-refractivity contribution in [1.82, 2.24) is 4.90 Å². The van der Waals surface area contributed by atoms with Crippen molar-refractivity contribution in [2.45, 2.75) is 31.0 Å². The predicted molar refractivity (Wildman–Crippen MR) is 96.5 cm³/mol. The fourth-order valence-corrected chi connectivity index (χ4v) is 3.87. The zero-order valence-electron chi connectivity index (χ0n) is 13.7. The van der Waals surface area contributed by atoms with Crippen molar-refractivity contribution in [3.63, 3.8) is 0 Å². The highest BCUT2D eigenvalue weighted by molar-refractivity contribution is 6.30. The largest absolute Gasteiger partial charge is 0.391 e. The maximum absolute atomic E-state index is 10.5. The highest BCUT2D eigenvalue weighted by Crippen LogP contribution is 2.50. The van der Waals surface area contributed by atoms with E-state index in [0.717, 1.165) is 11.1 Å². The molecule has 2 fully saturated rings. The molecule has 6 heteroatoms. The Labute approximate surface area is 156 Å². The van der Waals surface area contributed by atoms with Crippen LogP contribution in [0.15, 0.2) is 48.5 Å². The zero-order valence-corrected chi connectivity index (χ0v) is 15.2. The van der Waals surface area contributed by atoms with E-state index in [1.165, 1.54) is 0 Å². The molecule has 0 amide bonds. The molecule has 1 N–H and O–H groups in total. The first-order chi connectivity index (χ1) is 12.0. The smallest absolute Gasteiger partial charge is 0.139 e. The summed E-state index contributed by atoms with van der Waals surface area (Å²) in [5, 5.41) is 11.8. The Kier molecular flexibility index (Phi) is 4.52. The monoisotopic (exact) mass is 379 g/mol. The summed E-state index contributed by atoms with van der Waals surface area (Å²) in [6.07, 6.45) is -1.22. The van der Waals surface area contributed by atoms with Gasteiger partial charge in [-0.15, -0.1) is 0 Å². The molecule has 2 aliphatic rings. The first kappa shape index (κ1) is 17.3. The van der Waals surface area contributed by atoms with Crippen LogP contribution in [0, 0.1) is 0 Å². The minimum atomic E-state index is -0.595. The first-order valence-electron chi connectivity index (χ1n) is 8.22. The molecule has 0 saturated carbocycles. The number of halogens is 2. The number of rotatable bonds is 3. The van der Waals surface area contributed by atoms with E-state index >= 15 is 0 Å². The van der Waals surface area contributed by atoms with Gasteiger partial charge < -0.3 is 14.6 Å². The Morgan fingerprint density at radius 2 is 1.32 bits per heavy atom. The van der Waals surface area contributed by atoms with Crippen LogP contribution in [0.1, 0.15) is 30.5 Å². The van der Waals surface area contributed by atoms with Crippen LogP contribution in [-0.2, 0) is 9.47 Å². The van der Waals surface area contributed by atoms with Crippen LogP contribution in [0.2, 0.25) is 10.0 Å². The Hall–Kier alpha value is -1.14. The summed E-state index contributed by atoms with van der Waals surface area (Å²) in [4.78, 5) is 2.13. The van der Waals surface area contributed by atoms with Gasteiger partial charge in [-0.05, 0) is 42.3 Å². The first-order valence-corrected chi connectivity index (χ1v) is 8.97. The lowest BCUT2D eigenvalue weighted by molar-refractivity contribution is -0.0654. The molecule has 0 aliphatic carbocycles. The Morgan fingerprint density at radius 3 is 1.68 bits per heavy atom. The van der Waals surface area contributed by atoms with Gasteiger partial charge >= 0.3 is 0 Å². The van der Waals surface area contributed by atoms with E-state index < -0.39 is 11.6 Å². The summed E-state index contributed by atoms with van der Waals surface area (Å²) in [5.41, 5.74) is 1.39. The van der Waals surface area contributed by atoms with Crippen LogP contribution in [0.3, 0.4) is 0 Å². The average molecular weight is 380 g/mol. The van der Waals surface area contributed by atoms with Crippen molar-refractivity contribution in [2.75, 3.05) is 13.2 Å². The molecule has 4 rings (SSSR count). The lowest BCUT2D eigenvalue weighted by Crippen LogP contribution is -2.52. The molecule has 3 unspecified atom stereocenters. The fourth-order valence-electron chi connectivity index (χ4n) is 3.61. The van der Waals surface area contributed by atoms with Crippen molar-refractivity contribution in [3.8, 4) is 0 Å².